The quantitative estimate of drug-likeness (QED) is 0.897. The van der Waals surface area contributed by atoms with Crippen molar-refractivity contribution in [3.05, 3.63) is 40.0 Å². The van der Waals surface area contributed by atoms with Gasteiger partial charge in [0.2, 0.25) is 0 Å². The molecule has 18 heavy (non-hydrogen) atoms. The van der Waals surface area contributed by atoms with Gasteiger partial charge < -0.3 is 5.73 Å². The van der Waals surface area contributed by atoms with Gasteiger partial charge in [0, 0.05) is 21.1 Å². The van der Waals surface area contributed by atoms with Crippen LogP contribution >= 0.6 is 15.9 Å². The average Bonchev–Trinajstić information content (AvgIpc) is 2.26. The smallest absolute Gasteiger partial charge is 0.0709 e. The summed E-state index contributed by atoms with van der Waals surface area (Å²) in [7, 11) is 0. The second-order valence-corrected chi connectivity index (χ2v) is 6.55. The fraction of sp³-hybridized carbons (Fsp3) is 0.400. The van der Waals surface area contributed by atoms with Crippen molar-refractivity contribution in [3.8, 4) is 0 Å². The molecular formula is C15H19BrN2. The molecule has 3 heteroatoms. The number of aromatic nitrogens is 1. The van der Waals surface area contributed by atoms with E-state index in [2.05, 4.69) is 41.9 Å². The standard InChI is InChI=1S/C15H19BrN2/c1-9(2)14-8-12(15(3,4)17)11-7-10(16)5-6-13(11)18-14/h5-9H,17H2,1-4H3. The molecule has 96 valence electrons. The number of nitrogens with two attached hydrogens (primary N) is 1. The molecule has 0 spiro atoms. The predicted octanol–water partition coefficient (Wildman–Crippen LogP) is 4.31. The van der Waals surface area contributed by atoms with E-state index in [1.165, 1.54) is 0 Å². The molecule has 0 amide bonds. The lowest BCUT2D eigenvalue weighted by Crippen LogP contribution is -2.29. The van der Waals surface area contributed by atoms with Gasteiger partial charge in [-0.15, -0.1) is 0 Å². The molecule has 0 atom stereocenters. The summed E-state index contributed by atoms with van der Waals surface area (Å²) in [6.07, 6.45) is 0. The molecule has 0 aliphatic carbocycles. The van der Waals surface area contributed by atoms with Gasteiger partial charge in [-0.05, 0) is 49.6 Å². The largest absolute Gasteiger partial charge is 0.322 e. The molecule has 0 radical (unpaired) electrons. The van der Waals surface area contributed by atoms with Gasteiger partial charge in [0.15, 0.2) is 0 Å². The van der Waals surface area contributed by atoms with E-state index in [-0.39, 0.29) is 5.54 Å². The molecular weight excluding hydrogens is 288 g/mol. The lowest BCUT2D eigenvalue weighted by Gasteiger charge is -2.23. The second-order valence-electron chi connectivity index (χ2n) is 5.63. The fourth-order valence-electron chi connectivity index (χ4n) is 2.05. The predicted molar refractivity (Wildman–Crippen MR) is 80.7 cm³/mol. The van der Waals surface area contributed by atoms with Crippen molar-refractivity contribution in [1.82, 2.24) is 4.98 Å². The minimum absolute atomic E-state index is 0.369. The Hall–Kier alpha value is -0.930. The van der Waals surface area contributed by atoms with Crippen LogP contribution in [0.25, 0.3) is 10.9 Å². The van der Waals surface area contributed by atoms with Crippen LogP contribution in [-0.4, -0.2) is 4.98 Å². The SMILES string of the molecule is CC(C)c1cc(C(C)(C)N)c2cc(Br)ccc2n1. The van der Waals surface area contributed by atoms with Crippen molar-refractivity contribution < 1.29 is 0 Å². The van der Waals surface area contributed by atoms with Crippen LogP contribution in [0.15, 0.2) is 28.7 Å². The van der Waals surface area contributed by atoms with Crippen molar-refractivity contribution in [3.63, 3.8) is 0 Å². The van der Waals surface area contributed by atoms with Crippen molar-refractivity contribution in [2.45, 2.75) is 39.2 Å². The van der Waals surface area contributed by atoms with E-state index in [0.717, 1.165) is 26.6 Å². The van der Waals surface area contributed by atoms with Gasteiger partial charge in [-0.2, -0.15) is 0 Å². The molecule has 2 rings (SSSR count). The maximum atomic E-state index is 6.30. The van der Waals surface area contributed by atoms with Crippen molar-refractivity contribution in [2.24, 2.45) is 5.73 Å². The minimum Gasteiger partial charge on any atom is -0.322 e. The topological polar surface area (TPSA) is 38.9 Å². The van der Waals surface area contributed by atoms with Crippen molar-refractivity contribution in [2.75, 3.05) is 0 Å². The molecule has 2 N–H and O–H groups in total. The molecule has 1 aromatic carbocycles. The highest BCUT2D eigenvalue weighted by Gasteiger charge is 2.20. The first-order chi connectivity index (χ1) is 8.29. The molecule has 2 aromatic rings. The Morgan fingerprint density at radius 3 is 2.44 bits per heavy atom. The number of nitrogens with zero attached hydrogens (tertiary/aromatic N) is 1. The molecule has 1 heterocycles. The summed E-state index contributed by atoms with van der Waals surface area (Å²) in [6, 6.07) is 8.29. The molecule has 0 fully saturated rings. The van der Waals surface area contributed by atoms with E-state index < -0.39 is 0 Å². The zero-order chi connectivity index (χ0) is 13.5. The Balaban J connectivity index is 2.82. The van der Waals surface area contributed by atoms with Gasteiger partial charge in [0.05, 0.1) is 5.52 Å². The van der Waals surface area contributed by atoms with Crippen LogP contribution in [0.2, 0.25) is 0 Å². The summed E-state index contributed by atoms with van der Waals surface area (Å²) < 4.78 is 1.06. The third-order valence-electron chi connectivity index (χ3n) is 3.08. The number of benzene rings is 1. The van der Waals surface area contributed by atoms with E-state index in [1.54, 1.807) is 0 Å². The number of fused-ring (bicyclic) bond motifs is 1. The molecule has 1 aromatic heterocycles. The lowest BCUT2D eigenvalue weighted by molar-refractivity contribution is 0.557. The highest BCUT2D eigenvalue weighted by Crippen LogP contribution is 2.30. The monoisotopic (exact) mass is 306 g/mol. The number of pyridine rings is 1. The maximum absolute atomic E-state index is 6.30. The summed E-state index contributed by atoms with van der Waals surface area (Å²) in [5.74, 6) is 0.402. The Labute approximate surface area is 117 Å². The summed E-state index contributed by atoms with van der Waals surface area (Å²) in [6.45, 7) is 8.38. The molecule has 0 bridgehead atoms. The van der Waals surface area contributed by atoms with Gasteiger partial charge in [0.25, 0.3) is 0 Å². The van der Waals surface area contributed by atoms with Crippen LogP contribution in [0.3, 0.4) is 0 Å². The van der Waals surface area contributed by atoms with Crippen LogP contribution < -0.4 is 5.73 Å². The number of halogens is 1. The first-order valence-corrected chi connectivity index (χ1v) is 6.98. The zero-order valence-electron chi connectivity index (χ0n) is 11.3. The van der Waals surface area contributed by atoms with Gasteiger partial charge >= 0.3 is 0 Å². The van der Waals surface area contributed by atoms with E-state index in [4.69, 9.17) is 10.7 Å². The summed E-state index contributed by atoms with van der Waals surface area (Å²) in [4.78, 5) is 4.71. The van der Waals surface area contributed by atoms with Crippen LogP contribution in [-0.2, 0) is 5.54 Å². The lowest BCUT2D eigenvalue weighted by atomic mass is 9.90. The molecule has 0 unspecified atom stereocenters. The fourth-order valence-corrected chi connectivity index (χ4v) is 2.41. The van der Waals surface area contributed by atoms with Crippen LogP contribution in [0, 0.1) is 0 Å². The third-order valence-corrected chi connectivity index (χ3v) is 3.57. The summed E-state index contributed by atoms with van der Waals surface area (Å²) in [5, 5.41) is 1.13. The second kappa shape index (κ2) is 4.63. The molecule has 0 saturated heterocycles. The highest BCUT2D eigenvalue weighted by molar-refractivity contribution is 9.10. The zero-order valence-corrected chi connectivity index (χ0v) is 12.9. The molecule has 0 saturated carbocycles. The third kappa shape index (κ3) is 2.57. The van der Waals surface area contributed by atoms with Gasteiger partial charge in [-0.25, -0.2) is 0 Å². The van der Waals surface area contributed by atoms with E-state index in [9.17, 15) is 0 Å². The van der Waals surface area contributed by atoms with E-state index in [1.807, 2.05) is 26.0 Å². The minimum atomic E-state index is -0.369. The number of hydrogen-bond donors (Lipinski definition) is 1. The van der Waals surface area contributed by atoms with Crippen molar-refractivity contribution in [1.29, 1.82) is 0 Å². The Morgan fingerprint density at radius 2 is 1.89 bits per heavy atom. The van der Waals surface area contributed by atoms with Gasteiger partial charge in [-0.3, -0.25) is 4.98 Å². The van der Waals surface area contributed by atoms with Crippen LogP contribution in [0.5, 0.6) is 0 Å². The van der Waals surface area contributed by atoms with Gasteiger partial charge in [0.1, 0.15) is 0 Å². The summed E-state index contributed by atoms with van der Waals surface area (Å²) >= 11 is 3.51. The van der Waals surface area contributed by atoms with E-state index in [0.29, 0.717) is 5.92 Å². The average molecular weight is 307 g/mol. The molecule has 2 nitrogen and oxygen atoms in total. The van der Waals surface area contributed by atoms with Crippen LogP contribution in [0.4, 0.5) is 0 Å². The van der Waals surface area contributed by atoms with Gasteiger partial charge in [-0.1, -0.05) is 29.8 Å². The first-order valence-electron chi connectivity index (χ1n) is 6.18. The van der Waals surface area contributed by atoms with Crippen molar-refractivity contribution >= 4 is 26.8 Å². The Morgan fingerprint density at radius 1 is 1.22 bits per heavy atom. The van der Waals surface area contributed by atoms with Crippen LogP contribution in [0.1, 0.15) is 44.9 Å². The Kier molecular flexibility index (Phi) is 3.47. The maximum Gasteiger partial charge on any atom is 0.0709 e. The Bertz CT molecular complexity index is 583. The van der Waals surface area contributed by atoms with E-state index >= 15 is 0 Å². The normalized spacial score (nSPS) is 12.4. The highest BCUT2D eigenvalue weighted by atomic mass is 79.9. The molecule has 0 aliphatic rings. The summed E-state index contributed by atoms with van der Waals surface area (Å²) in [5.41, 5.74) is 9.19. The number of rotatable bonds is 2. The number of hydrogen-bond acceptors (Lipinski definition) is 2. The molecule has 0 aliphatic heterocycles. The first kappa shape index (κ1) is 13.5.